The molecule has 1 aliphatic carbocycles. The smallest absolute Gasteiger partial charge is 0.328 e. The van der Waals surface area contributed by atoms with E-state index in [0.29, 0.717) is 40.8 Å². The second kappa shape index (κ2) is 11.3. The van der Waals surface area contributed by atoms with Crippen LogP contribution < -0.4 is 19.5 Å². The van der Waals surface area contributed by atoms with Gasteiger partial charge < -0.3 is 29.2 Å². The maximum atomic E-state index is 13.6. The van der Waals surface area contributed by atoms with Gasteiger partial charge in [-0.05, 0) is 55.5 Å². The number of hydrogen-bond donors (Lipinski definition) is 1. The highest BCUT2D eigenvalue weighted by atomic mass is 16.5. The monoisotopic (exact) mass is 496 g/mol. The molecule has 0 radical (unpaired) electrons. The van der Waals surface area contributed by atoms with E-state index in [9.17, 15) is 14.4 Å². The number of ether oxygens (including phenoxy) is 4. The lowest BCUT2D eigenvalue weighted by molar-refractivity contribution is -0.145. The lowest BCUT2D eigenvalue weighted by atomic mass is 9.84. The first-order valence-electron chi connectivity index (χ1n) is 12.1. The zero-order valence-corrected chi connectivity index (χ0v) is 20.8. The third-order valence-electron chi connectivity index (χ3n) is 6.95. The highest BCUT2D eigenvalue weighted by Gasteiger charge is 2.48. The fraction of sp³-hybridized carbons (Fsp3) is 0.444. The van der Waals surface area contributed by atoms with E-state index in [1.807, 2.05) is 6.07 Å². The summed E-state index contributed by atoms with van der Waals surface area (Å²) in [5.74, 6) is 0.495. The number of para-hydroxylation sites is 2. The van der Waals surface area contributed by atoms with Gasteiger partial charge in [-0.25, -0.2) is 4.79 Å². The van der Waals surface area contributed by atoms with Gasteiger partial charge in [0.1, 0.15) is 11.8 Å². The van der Waals surface area contributed by atoms with E-state index in [2.05, 4.69) is 5.32 Å². The van der Waals surface area contributed by atoms with Crippen LogP contribution >= 0.6 is 0 Å². The Balaban J connectivity index is 1.47. The molecule has 0 spiro atoms. The number of fused-ring (bicyclic) bond motifs is 1. The van der Waals surface area contributed by atoms with Gasteiger partial charge >= 0.3 is 5.97 Å². The van der Waals surface area contributed by atoms with Gasteiger partial charge in [-0.3, -0.25) is 9.59 Å². The minimum absolute atomic E-state index is 0.0240. The summed E-state index contributed by atoms with van der Waals surface area (Å²) < 4.78 is 21.4. The van der Waals surface area contributed by atoms with Gasteiger partial charge in [0.15, 0.2) is 18.1 Å². The number of anilines is 1. The maximum Gasteiger partial charge on any atom is 0.328 e. The summed E-state index contributed by atoms with van der Waals surface area (Å²) in [7, 11) is 4.35. The van der Waals surface area contributed by atoms with E-state index in [1.54, 1.807) is 41.3 Å². The Morgan fingerprint density at radius 2 is 1.69 bits per heavy atom. The molecule has 1 saturated carbocycles. The number of carbonyl (C=O) groups excluding carboxylic acids is 3. The molecule has 1 heterocycles. The Morgan fingerprint density at radius 1 is 0.944 bits per heavy atom. The molecule has 2 aromatic rings. The molecule has 9 heteroatoms. The van der Waals surface area contributed by atoms with Crippen molar-refractivity contribution in [2.45, 2.75) is 44.2 Å². The van der Waals surface area contributed by atoms with Crippen molar-refractivity contribution in [3.05, 3.63) is 48.0 Å². The molecule has 192 valence electrons. The molecule has 0 bridgehead atoms. The molecule has 3 unspecified atom stereocenters. The van der Waals surface area contributed by atoms with Crippen LogP contribution in [0.1, 0.15) is 42.5 Å². The Kier molecular flexibility index (Phi) is 7.97. The van der Waals surface area contributed by atoms with Crippen molar-refractivity contribution in [1.29, 1.82) is 0 Å². The topological polar surface area (TPSA) is 103 Å². The molecule has 9 nitrogen and oxygen atoms in total. The van der Waals surface area contributed by atoms with Crippen molar-refractivity contribution in [1.82, 2.24) is 4.90 Å². The number of methoxy groups -OCH3 is 3. The lowest BCUT2D eigenvalue weighted by Crippen LogP contribution is -2.46. The normalized spacial score (nSPS) is 20.8. The van der Waals surface area contributed by atoms with E-state index in [-0.39, 0.29) is 30.4 Å². The summed E-state index contributed by atoms with van der Waals surface area (Å²) in [5.41, 5.74) is 0.922. The molecule has 2 aliphatic rings. The summed E-state index contributed by atoms with van der Waals surface area (Å²) in [5, 5.41) is 2.75. The number of likely N-dealkylation sites (tertiary alicyclic amines) is 1. The molecule has 2 aromatic carbocycles. The van der Waals surface area contributed by atoms with Gasteiger partial charge in [0.25, 0.3) is 11.8 Å². The van der Waals surface area contributed by atoms with Crippen LogP contribution in [-0.2, 0) is 14.3 Å². The third-order valence-corrected chi connectivity index (χ3v) is 6.95. The summed E-state index contributed by atoms with van der Waals surface area (Å²) in [6, 6.07) is 11.3. The molecule has 1 saturated heterocycles. The standard InChI is InChI=1S/C27H32N2O7/c1-33-22-11-7-5-9-19(22)28-25(30)16-36-23-13-12-18(15-24(23)34-2)26(31)29-20-10-6-4-8-17(20)14-21(29)27(32)35-3/h5,7,9,11-13,15,17,20-21H,4,6,8,10,14,16H2,1-3H3,(H,28,30). The maximum absolute atomic E-state index is 13.6. The minimum atomic E-state index is -0.587. The van der Waals surface area contributed by atoms with Gasteiger partial charge in [-0.2, -0.15) is 0 Å². The number of benzene rings is 2. The number of rotatable bonds is 8. The molecule has 1 aliphatic heterocycles. The number of nitrogens with zero attached hydrogens (tertiary/aromatic N) is 1. The third kappa shape index (κ3) is 5.24. The summed E-state index contributed by atoms with van der Waals surface area (Å²) in [4.78, 5) is 40.2. The molecule has 4 rings (SSSR count). The average Bonchev–Trinajstić information content (AvgIpc) is 3.31. The Bertz CT molecular complexity index is 1120. The highest BCUT2D eigenvalue weighted by Crippen LogP contribution is 2.41. The zero-order chi connectivity index (χ0) is 25.7. The van der Waals surface area contributed by atoms with Crippen LogP contribution in [0.4, 0.5) is 5.69 Å². The van der Waals surface area contributed by atoms with Crippen molar-refractivity contribution in [2.24, 2.45) is 5.92 Å². The zero-order valence-electron chi connectivity index (χ0n) is 20.8. The molecule has 3 atom stereocenters. The summed E-state index contributed by atoms with van der Waals surface area (Å²) in [6.07, 6.45) is 4.66. The van der Waals surface area contributed by atoms with E-state index >= 15 is 0 Å². The molecule has 2 fully saturated rings. The highest BCUT2D eigenvalue weighted by molar-refractivity contribution is 5.98. The fourth-order valence-corrected chi connectivity index (χ4v) is 5.25. The van der Waals surface area contributed by atoms with E-state index < -0.39 is 6.04 Å². The Morgan fingerprint density at radius 3 is 2.44 bits per heavy atom. The second-order valence-corrected chi connectivity index (χ2v) is 9.00. The quantitative estimate of drug-likeness (QED) is 0.556. The number of carbonyl (C=O) groups is 3. The van der Waals surface area contributed by atoms with Crippen LogP contribution in [0.25, 0.3) is 0 Å². The second-order valence-electron chi connectivity index (χ2n) is 9.00. The van der Waals surface area contributed by atoms with Crippen LogP contribution in [-0.4, -0.2) is 62.7 Å². The molecule has 36 heavy (non-hydrogen) atoms. The van der Waals surface area contributed by atoms with Crippen molar-refractivity contribution in [3.63, 3.8) is 0 Å². The van der Waals surface area contributed by atoms with E-state index in [0.717, 1.165) is 25.7 Å². The van der Waals surface area contributed by atoms with Gasteiger partial charge in [0.05, 0.1) is 27.0 Å². The van der Waals surface area contributed by atoms with Crippen LogP contribution in [0.3, 0.4) is 0 Å². The van der Waals surface area contributed by atoms with Crippen molar-refractivity contribution < 1.29 is 33.3 Å². The molecular weight excluding hydrogens is 464 g/mol. The molecule has 0 aromatic heterocycles. The molecular formula is C27H32N2O7. The van der Waals surface area contributed by atoms with Crippen LogP contribution in [0.15, 0.2) is 42.5 Å². The van der Waals surface area contributed by atoms with Crippen molar-refractivity contribution >= 4 is 23.5 Å². The van der Waals surface area contributed by atoms with Gasteiger partial charge in [0.2, 0.25) is 0 Å². The first-order chi connectivity index (χ1) is 17.5. The van der Waals surface area contributed by atoms with Crippen LogP contribution in [0, 0.1) is 5.92 Å². The van der Waals surface area contributed by atoms with E-state index in [4.69, 9.17) is 18.9 Å². The van der Waals surface area contributed by atoms with Crippen LogP contribution in [0.2, 0.25) is 0 Å². The van der Waals surface area contributed by atoms with E-state index in [1.165, 1.54) is 21.3 Å². The number of nitrogens with one attached hydrogen (secondary N) is 1. The Labute approximate surface area is 210 Å². The summed E-state index contributed by atoms with van der Waals surface area (Å²) in [6.45, 7) is -0.262. The average molecular weight is 497 g/mol. The molecule has 2 amide bonds. The number of amides is 2. The van der Waals surface area contributed by atoms with Gasteiger partial charge in [-0.1, -0.05) is 25.0 Å². The number of hydrogen-bond acceptors (Lipinski definition) is 7. The van der Waals surface area contributed by atoms with Crippen molar-refractivity contribution in [3.8, 4) is 17.2 Å². The largest absolute Gasteiger partial charge is 0.495 e. The first kappa shape index (κ1) is 25.3. The molecule has 1 N–H and O–H groups in total. The Hall–Kier alpha value is -3.75. The lowest BCUT2D eigenvalue weighted by Gasteiger charge is -2.33. The van der Waals surface area contributed by atoms with Gasteiger partial charge in [-0.15, -0.1) is 0 Å². The SMILES string of the molecule is COC(=O)C1CC2CCCCC2N1C(=O)c1ccc(OCC(=O)Nc2ccccc2OC)c(OC)c1. The fourth-order valence-electron chi connectivity index (χ4n) is 5.25. The van der Waals surface area contributed by atoms with Gasteiger partial charge in [0, 0.05) is 11.6 Å². The number of esters is 1. The summed E-state index contributed by atoms with van der Waals surface area (Å²) >= 11 is 0. The minimum Gasteiger partial charge on any atom is -0.495 e. The predicted molar refractivity (Wildman–Crippen MR) is 132 cm³/mol. The van der Waals surface area contributed by atoms with Crippen molar-refractivity contribution in [2.75, 3.05) is 33.3 Å². The van der Waals surface area contributed by atoms with Crippen LogP contribution in [0.5, 0.6) is 17.2 Å². The predicted octanol–water partition coefficient (Wildman–Crippen LogP) is 3.67. The first-order valence-corrected chi connectivity index (χ1v) is 12.1.